The summed E-state index contributed by atoms with van der Waals surface area (Å²) in [4.78, 5) is 17.1. The minimum atomic E-state index is -0.0675. The van der Waals surface area contributed by atoms with E-state index in [0.29, 0.717) is 17.4 Å². The lowest BCUT2D eigenvalue weighted by Gasteiger charge is -2.22. The maximum atomic E-state index is 13.7. The van der Waals surface area contributed by atoms with E-state index in [1.165, 1.54) is 146 Å². The number of fused-ring (bicyclic) bond motifs is 1. The Kier molecular flexibility index (Phi) is 11.5. The highest BCUT2D eigenvalue weighted by Crippen LogP contribution is 2.38. The first-order valence-electron chi connectivity index (χ1n) is 17.6. The Bertz CT molecular complexity index is 1070. The van der Waals surface area contributed by atoms with Gasteiger partial charge < -0.3 is 10.1 Å². The fourth-order valence-corrected chi connectivity index (χ4v) is 8.25. The molecule has 0 saturated heterocycles. The third kappa shape index (κ3) is 7.73. The Morgan fingerprint density at radius 3 is 1.55 bits per heavy atom. The van der Waals surface area contributed by atoms with E-state index in [9.17, 15) is 9.90 Å². The second-order valence-corrected chi connectivity index (χ2v) is 13.7. The van der Waals surface area contributed by atoms with Crippen molar-refractivity contribution < 1.29 is 5.11 Å². The Hall–Kier alpha value is -1.78. The molecule has 3 aliphatic carbocycles. The molecule has 2 aromatic rings. The van der Waals surface area contributed by atoms with Crippen LogP contribution in [0.1, 0.15) is 189 Å². The average Bonchev–Trinajstić information content (AvgIpc) is 3.31. The van der Waals surface area contributed by atoms with Crippen LogP contribution in [-0.4, -0.2) is 19.7 Å². The van der Waals surface area contributed by atoms with Crippen LogP contribution < -0.4 is 5.56 Å². The minimum Gasteiger partial charge on any atom is -0.493 e. The van der Waals surface area contributed by atoms with Crippen molar-refractivity contribution in [2.24, 2.45) is 5.92 Å². The summed E-state index contributed by atoms with van der Waals surface area (Å²) in [7, 11) is 0. The van der Waals surface area contributed by atoms with E-state index in [4.69, 9.17) is 5.10 Å². The summed E-state index contributed by atoms with van der Waals surface area (Å²) in [5, 5.41) is 17.0. The zero-order chi connectivity index (χ0) is 27.6. The molecule has 0 unspecified atom stereocenters. The van der Waals surface area contributed by atoms with Gasteiger partial charge in [-0.25, -0.2) is 0 Å². The zero-order valence-corrected chi connectivity index (χ0v) is 25.4. The number of nitrogens with zero attached hydrogens (tertiary/aromatic N) is 2. The van der Waals surface area contributed by atoms with E-state index < -0.39 is 0 Å². The highest BCUT2D eigenvalue weighted by molar-refractivity contribution is 5.54. The van der Waals surface area contributed by atoms with Gasteiger partial charge in [0, 0.05) is 11.5 Å². The van der Waals surface area contributed by atoms with Gasteiger partial charge in [0.25, 0.3) is 5.56 Å². The van der Waals surface area contributed by atoms with Gasteiger partial charge in [-0.2, -0.15) is 9.61 Å². The predicted molar refractivity (Wildman–Crippen MR) is 166 cm³/mol. The fourth-order valence-electron chi connectivity index (χ4n) is 8.25. The topological polar surface area (TPSA) is 70.4 Å². The van der Waals surface area contributed by atoms with Crippen molar-refractivity contribution >= 4 is 5.65 Å². The predicted octanol–water partition coefficient (Wildman–Crippen LogP) is 9.85. The van der Waals surface area contributed by atoms with Crippen molar-refractivity contribution in [2.75, 3.05) is 0 Å². The lowest BCUT2D eigenvalue weighted by molar-refractivity contribution is 0.375. The van der Waals surface area contributed by atoms with E-state index in [0.717, 1.165) is 37.8 Å². The van der Waals surface area contributed by atoms with Gasteiger partial charge in [-0.1, -0.05) is 135 Å². The third-order valence-electron chi connectivity index (χ3n) is 10.7. The standard InChI is InChI=1S/C35H57N3O2/c39-34-31(28-22-16-10-5-6-11-17-23-28)35(40)38-33(36-34)30(26-27-20-14-8-7-9-15-21-27)32(37-38)29-24-18-12-3-1-2-4-13-19-25-29/h27-29,40H,1-26H2,(H,36,39). The van der Waals surface area contributed by atoms with Gasteiger partial charge in [0.2, 0.25) is 5.88 Å². The second kappa shape index (κ2) is 15.4. The van der Waals surface area contributed by atoms with Crippen LogP contribution in [0, 0.1) is 5.92 Å². The Balaban J connectivity index is 1.53. The van der Waals surface area contributed by atoms with Gasteiger partial charge >= 0.3 is 0 Å². The van der Waals surface area contributed by atoms with Crippen LogP contribution in [0.5, 0.6) is 5.88 Å². The van der Waals surface area contributed by atoms with Gasteiger partial charge in [0.05, 0.1) is 11.3 Å². The molecule has 3 saturated carbocycles. The normalized spacial score (nSPS) is 23.0. The molecule has 5 heteroatoms. The van der Waals surface area contributed by atoms with Crippen LogP contribution in [-0.2, 0) is 6.42 Å². The van der Waals surface area contributed by atoms with Crippen LogP contribution in [0.25, 0.3) is 5.65 Å². The molecule has 5 rings (SSSR count). The van der Waals surface area contributed by atoms with Gasteiger partial charge in [0.1, 0.15) is 5.65 Å². The quantitative estimate of drug-likeness (QED) is 0.397. The first-order valence-corrected chi connectivity index (χ1v) is 17.6. The molecule has 0 aliphatic heterocycles. The molecule has 0 aromatic carbocycles. The van der Waals surface area contributed by atoms with E-state index in [1.54, 1.807) is 4.52 Å². The molecule has 224 valence electrons. The molecule has 3 fully saturated rings. The van der Waals surface area contributed by atoms with Gasteiger partial charge in [-0.15, -0.1) is 0 Å². The maximum absolute atomic E-state index is 13.7. The summed E-state index contributed by atoms with van der Waals surface area (Å²) in [5.41, 5.74) is 3.77. The molecule has 2 aromatic heterocycles. The number of rotatable bonds is 4. The molecule has 0 radical (unpaired) electrons. The van der Waals surface area contributed by atoms with Crippen molar-refractivity contribution in [1.82, 2.24) is 14.6 Å². The molecule has 3 aliphatic rings. The van der Waals surface area contributed by atoms with Gasteiger partial charge in [-0.05, 0) is 43.9 Å². The summed E-state index contributed by atoms with van der Waals surface area (Å²) < 4.78 is 1.78. The highest BCUT2D eigenvalue weighted by atomic mass is 16.3. The van der Waals surface area contributed by atoms with E-state index >= 15 is 0 Å². The fraction of sp³-hybridized carbons (Fsp3) is 0.829. The monoisotopic (exact) mass is 551 g/mol. The summed E-state index contributed by atoms with van der Waals surface area (Å²) in [6.45, 7) is 0. The summed E-state index contributed by atoms with van der Waals surface area (Å²) in [6.07, 6.45) is 32.6. The molecule has 2 heterocycles. The number of aromatic hydroxyl groups is 1. The molecular formula is C35H57N3O2. The van der Waals surface area contributed by atoms with Crippen molar-refractivity contribution in [2.45, 2.75) is 179 Å². The Labute approximate surface area is 242 Å². The SMILES string of the molecule is O=c1[nH]c2c(CC3CCCCCCC3)c(C3CCCCCCCCCC3)nn2c(O)c1C1CCCCCCCC1. The molecule has 0 bridgehead atoms. The van der Waals surface area contributed by atoms with Crippen molar-refractivity contribution in [3.05, 3.63) is 27.2 Å². The second-order valence-electron chi connectivity index (χ2n) is 13.7. The Morgan fingerprint density at radius 1 is 0.625 bits per heavy atom. The van der Waals surface area contributed by atoms with Crippen molar-refractivity contribution in [1.29, 1.82) is 0 Å². The first-order chi connectivity index (χ1) is 19.7. The van der Waals surface area contributed by atoms with E-state index in [-0.39, 0.29) is 17.4 Å². The van der Waals surface area contributed by atoms with Crippen LogP contribution in [0.15, 0.2) is 4.79 Å². The number of hydrogen-bond acceptors (Lipinski definition) is 3. The average molecular weight is 552 g/mol. The van der Waals surface area contributed by atoms with Crippen molar-refractivity contribution in [3.63, 3.8) is 0 Å². The first kappa shape index (κ1) is 29.7. The smallest absolute Gasteiger partial charge is 0.258 e. The summed E-state index contributed by atoms with van der Waals surface area (Å²) >= 11 is 0. The molecule has 40 heavy (non-hydrogen) atoms. The molecule has 0 amide bonds. The zero-order valence-electron chi connectivity index (χ0n) is 25.4. The lowest BCUT2D eigenvalue weighted by Crippen LogP contribution is -2.20. The summed E-state index contributed by atoms with van der Waals surface area (Å²) in [5.74, 6) is 1.34. The van der Waals surface area contributed by atoms with Crippen LogP contribution in [0.2, 0.25) is 0 Å². The lowest BCUT2D eigenvalue weighted by atomic mass is 9.83. The molecule has 0 spiro atoms. The number of aromatic nitrogens is 3. The van der Waals surface area contributed by atoms with Crippen LogP contribution in [0.4, 0.5) is 0 Å². The summed E-state index contributed by atoms with van der Waals surface area (Å²) in [6, 6.07) is 0. The number of aromatic amines is 1. The molecule has 2 N–H and O–H groups in total. The number of nitrogens with one attached hydrogen (secondary N) is 1. The third-order valence-corrected chi connectivity index (χ3v) is 10.7. The number of hydrogen-bond donors (Lipinski definition) is 2. The van der Waals surface area contributed by atoms with E-state index in [2.05, 4.69) is 4.98 Å². The maximum Gasteiger partial charge on any atom is 0.258 e. The van der Waals surface area contributed by atoms with E-state index in [1.807, 2.05) is 0 Å². The van der Waals surface area contributed by atoms with Crippen LogP contribution in [0.3, 0.4) is 0 Å². The number of H-pyrrole nitrogens is 1. The highest BCUT2D eigenvalue weighted by Gasteiger charge is 2.29. The van der Waals surface area contributed by atoms with Gasteiger partial charge in [-0.3, -0.25) is 4.79 Å². The molecule has 0 atom stereocenters. The minimum absolute atomic E-state index is 0.0675. The molecule has 5 nitrogen and oxygen atoms in total. The largest absolute Gasteiger partial charge is 0.493 e. The van der Waals surface area contributed by atoms with Crippen LogP contribution >= 0.6 is 0 Å². The Morgan fingerprint density at radius 2 is 1.05 bits per heavy atom. The molecular weight excluding hydrogens is 494 g/mol. The van der Waals surface area contributed by atoms with Gasteiger partial charge in [0.15, 0.2) is 0 Å². The van der Waals surface area contributed by atoms with Crippen molar-refractivity contribution in [3.8, 4) is 5.88 Å².